The molecule has 1 aliphatic heterocycles. The highest BCUT2D eigenvalue weighted by molar-refractivity contribution is 5.71. The summed E-state index contributed by atoms with van der Waals surface area (Å²) in [6.45, 7) is 4.66. The second-order valence-corrected chi connectivity index (χ2v) is 7.79. The number of halogens is 1. The first kappa shape index (κ1) is 25.4. The van der Waals surface area contributed by atoms with E-state index in [1.54, 1.807) is 6.07 Å². The van der Waals surface area contributed by atoms with Crippen LogP contribution in [0, 0.1) is 18.7 Å². The Morgan fingerprint density at radius 3 is 2.41 bits per heavy atom. The summed E-state index contributed by atoms with van der Waals surface area (Å²) in [5.41, 5.74) is 9.35. The summed E-state index contributed by atoms with van der Waals surface area (Å²) < 4.78 is 14.4. The lowest BCUT2D eigenvalue weighted by molar-refractivity contribution is 0.138. The number of aliphatic hydroxyl groups is 2. The van der Waals surface area contributed by atoms with Crippen LogP contribution < -0.4 is 5.73 Å². The lowest BCUT2D eigenvalue weighted by Gasteiger charge is -2.27. The number of likely N-dealkylation sites (tertiary alicyclic amines) is 1. The predicted octanol–water partition coefficient (Wildman–Crippen LogP) is 3.77. The molecular weight excluding hydrogens is 407 g/mol. The van der Waals surface area contributed by atoms with Crippen molar-refractivity contribution < 1.29 is 14.6 Å². The number of nitrogens with zero attached hydrogens (tertiary/aromatic N) is 3. The largest absolute Gasteiger partial charge is 0.400 e. The molecule has 0 radical (unpaired) electrons. The average Bonchev–Trinajstić information content (AvgIpc) is 2.82. The maximum absolute atomic E-state index is 14.4. The SMILES string of the molecule is CN1CCCC(CO)C1.CO.Cc1ccccc1-c1ccc(-c2cnc(N)cn2)c(F)c1. The van der Waals surface area contributed by atoms with Crippen LogP contribution in [-0.4, -0.2) is 58.9 Å². The minimum atomic E-state index is -0.324. The third-order valence-corrected chi connectivity index (χ3v) is 5.35. The maximum Gasteiger partial charge on any atom is 0.141 e. The maximum atomic E-state index is 14.4. The number of nitrogens with two attached hydrogens (primary N) is 1. The number of rotatable bonds is 3. The summed E-state index contributed by atoms with van der Waals surface area (Å²) in [6, 6.07) is 13.0. The molecule has 32 heavy (non-hydrogen) atoms. The van der Waals surface area contributed by atoms with E-state index < -0.39 is 0 Å². The topological polar surface area (TPSA) is 95.5 Å². The van der Waals surface area contributed by atoms with Gasteiger partial charge in [0.2, 0.25) is 0 Å². The van der Waals surface area contributed by atoms with Gasteiger partial charge in [-0.1, -0.05) is 30.3 Å². The molecule has 1 saturated heterocycles. The smallest absolute Gasteiger partial charge is 0.141 e. The van der Waals surface area contributed by atoms with Crippen LogP contribution in [0.15, 0.2) is 54.9 Å². The van der Waals surface area contributed by atoms with Gasteiger partial charge in [-0.15, -0.1) is 0 Å². The van der Waals surface area contributed by atoms with Gasteiger partial charge in [0.15, 0.2) is 0 Å². The highest BCUT2D eigenvalue weighted by Crippen LogP contribution is 2.28. The Balaban J connectivity index is 0.000000277. The highest BCUT2D eigenvalue weighted by atomic mass is 19.1. The van der Waals surface area contributed by atoms with Gasteiger partial charge in [0.05, 0.1) is 18.1 Å². The molecule has 0 amide bonds. The lowest BCUT2D eigenvalue weighted by Crippen LogP contribution is -2.33. The Bertz CT molecular complexity index is 966. The van der Waals surface area contributed by atoms with Crippen LogP contribution in [0.5, 0.6) is 0 Å². The molecule has 1 aliphatic rings. The van der Waals surface area contributed by atoms with Crippen LogP contribution in [-0.2, 0) is 0 Å². The number of piperidine rings is 1. The second kappa shape index (κ2) is 12.9. The molecule has 0 saturated carbocycles. The summed E-state index contributed by atoms with van der Waals surface area (Å²) in [5.74, 6) is 0.536. The Kier molecular flexibility index (Phi) is 10.2. The number of aryl methyl sites for hydroxylation is 1. The van der Waals surface area contributed by atoms with E-state index in [-0.39, 0.29) is 5.82 Å². The van der Waals surface area contributed by atoms with Crippen molar-refractivity contribution in [3.63, 3.8) is 0 Å². The lowest BCUT2D eigenvalue weighted by atomic mass is 9.98. The molecule has 4 N–H and O–H groups in total. The Hall–Kier alpha value is -2.87. The zero-order valence-corrected chi connectivity index (χ0v) is 19.0. The normalized spacial score (nSPS) is 15.8. The van der Waals surface area contributed by atoms with Crippen molar-refractivity contribution in [3.8, 4) is 22.4 Å². The Morgan fingerprint density at radius 1 is 1.09 bits per heavy atom. The van der Waals surface area contributed by atoms with Gasteiger partial charge in [0.1, 0.15) is 11.6 Å². The fourth-order valence-electron chi connectivity index (χ4n) is 3.69. The van der Waals surface area contributed by atoms with Crippen LogP contribution in [0.4, 0.5) is 10.2 Å². The molecule has 1 unspecified atom stereocenters. The van der Waals surface area contributed by atoms with Crippen LogP contribution in [0.1, 0.15) is 18.4 Å². The van der Waals surface area contributed by atoms with E-state index in [2.05, 4.69) is 21.9 Å². The number of anilines is 1. The third kappa shape index (κ3) is 7.09. The number of hydrogen-bond acceptors (Lipinski definition) is 6. The summed E-state index contributed by atoms with van der Waals surface area (Å²) in [4.78, 5) is 10.3. The molecule has 1 atom stereocenters. The van der Waals surface area contributed by atoms with E-state index in [1.165, 1.54) is 37.8 Å². The van der Waals surface area contributed by atoms with Crippen molar-refractivity contribution in [2.24, 2.45) is 5.92 Å². The van der Waals surface area contributed by atoms with Gasteiger partial charge in [-0.2, -0.15) is 0 Å². The summed E-state index contributed by atoms with van der Waals surface area (Å²) in [5, 5.41) is 15.8. The molecule has 3 aromatic rings. The third-order valence-electron chi connectivity index (χ3n) is 5.35. The van der Waals surface area contributed by atoms with Crippen LogP contribution in [0.25, 0.3) is 22.4 Å². The van der Waals surface area contributed by atoms with Gasteiger partial charge >= 0.3 is 0 Å². The molecule has 0 aliphatic carbocycles. The molecule has 0 bridgehead atoms. The Labute approximate surface area is 189 Å². The number of aromatic nitrogens is 2. The highest BCUT2D eigenvalue weighted by Gasteiger charge is 2.15. The quantitative estimate of drug-likeness (QED) is 0.574. The number of aliphatic hydroxyl groups excluding tert-OH is 2. The average molecular weight is 441 g/mol. The monoisotopic (exact) mass is 440 g/mol. The molecule has 172 valence electrons. The molecule has 6 nitrogen and oxygen atoms in total. The zero-order chi connectivity index (χ0) is 23.5. The van der Waals surface area contributed by atoms with Gasteiger partial charge in [0.25, 0.3) is 0 Å². The second-order valence-electron chi connectivity index (χ2n) is 7.79. The summed E-state index contributed by atoms with van der Waals surface area (Å²) >= 11 is 0. The van der Waals surface area contributed by atoms with Crippen molar-refractivity contribution in [3.05, 3.63) is 66.2 Å². The van der Waals surface area contributed by atoms with Gasteiger partial charge in [-0.25, -0.2) is 9.37 Å². The Morgan fingerprint density at radius 2 is 1.84 bits per heavy atom. The minimum absolute atomic E-state index is 0.315. The van der Waals surface area contributed by atoms with Crippen LogP contribution in [0.3, 0.4) is 0 Å². The molecule has 1 aromatic heterocycles. The van der Waals surface area contributed by atoms with E-state index in [9.17, 15) is 4.39 Å². The van der Waals surface area contributed by atoms with Crippen molar-refractivity contribution in [2.75, 3.05) is 39.6 Å². The predicted molar refractivity (Wildman–Crippen MR) is 127 cm³/mol. The summed E-state index contributed by atoms with van der Waals surface area (Å²) in [6.07, 6.45) is 5.35. The number of nitrogen functional groups attached to an aromatic ring is 1. The fourth-order valence-corrected chi connectivity index (χ4v) is 3.69. The van der Waals surface area contributed by atoms with E-state index in [0.29, 0.717) is 29.6 Å². The minimum Gasteiger partial charge on any atom is -0.400 e. The first-order valence-corrected chi connectivity index (χ1v) is 10.7. The molecule has 2 aromatic carbocycles. The fraction of sp³-hybridized carbons (Fsp3) is 0.360. The summed E-state index contributed by atoms with van der Waals surface area (Å²) in [7, 11) is 3.11. The number of benzene rings is 2. The van der Waals surface area contributed by atoms with Crippen molar-refractivity contribution in [2.45, 2.75) is 19.8 Å². The van der Waals surface area contributed by atoms with Crippen molar-refractivity contribution >= 4 is 5.82 Å². The van der Waals surface area contributed by atoms with E-state index in [4.69, 9.17) is 15.9 Å². The van der Waals surface area contributed by atoms with Crippen molar-refractivity contribution in [1.82, 2.24) is 14.9 Å². The van der Waals surface area contributed by atoms with Crippen LogP contribution >= 0.6 is 0 Å². The standard InChI is InChI=1S/C17H14FN3.C7H15NO.CH4O/c1-11-4-2-3-5-13(11)12-6-7-14(15(18)8-12)16-9-21-17(19)10-20-16;1-8-4-2-3-7(5-8)6-9;1-2/h2-10H,1H3,(H2,19,21);7,9H,2-6H2,1H3;2H,1H3. The van der Waals surface area contributed by atoms with Crippen LogP contribution in [0.2, 0.25) is 0 Å². The molecule has 2 heterocycles. The van der Waals surface area contributed by atoms with Gasteiger partial charge < -0.3 is 20.8 Å². The van der Waals surface area contributed by atoms with E-state index >= 15 is 0 Å². The number of hydrogen-bond donors (Lipinski definition) is 3. The van der Waals surface area contributed by atoms with Gasteiger partial charge in [-0.3, -0.25) is 4.98 Å². The van der Waals surface area contributed by atoms with Gasteiger partial charge in [-0.05, 0) is 68.1 Å². The zero-order valence-electron chi connectivity index (χ0n) is 19.0. The molecular formula is C25H33FN4O2. The van der Waals surface area contributed by atoms with Crippen molar-refractivity contribution in [1.29, 1.82) is 0 Å². The van der Waals surface area contributed by atoms with E-state index in [0.717, 1.165) is 30.3 Å². The molecule has 0 spiro atoms. The van der Waals surface area contributed by atoms with E-state index in [1.807, 2.05) is 37.3 Å². The first-order valence-electron chi connectivity index (χ1n) is 10.7. The molecule has 1 fully saturated rings. The first-order chi connectivity index (χ1) is 15.5. The van der Waals surface area contributed by atoms with Gasteiger partial charge in [0, 0.05) is 25.8 Å². The molecule has 7 heteroatoms. The molecule has 4 rings (SSSR count).